The van der Waals surface area contributed by atoms with Gasteiger partial charge in [0.15, 0.2) is 0 Å². The molecule has 0 N–H and O–H groups in total. The van der Waals surface area contributed by atoms with Gasteiger partial charge in [0.05, 0.1) is 4.75 Å². The molecule has 2 heterocycles. The molecule has 78 valence electrons. The van der Waals surface area contributed by atoms with E-state index in [1.54, 1.807) is 0 Å². The first-order chi connectivity index (χ1) is 7.90. The number of ether oxygens (including phenoxy) is 1. The predicted octanol–water partition coefficient (Wildman–Crippen LogP) is 3.78. The summed E-state index contributed by atoms with van der Waals surface area (Å²) in [6, 6.07) is 16.8. The maximum atomic E-state index is 5.94. The van der Waals surface area contributed by atoms with Gasteiger partial charge in [-0.15, -0.1) is 11.8 Å². The van der Waals surface area contributed by atoms with Crippen LogP contribution >= 0.6 is 11.8 Å². The van der Waals surface area contributed by atoms with Crippen LogP contribution in [-0.2, 0) is 4.75 Å². The predicted molar refractivity (Wildman–Crippen MR) is 66.2 cm³/mol. The molecule has 1 fully saturated rings. The molecule has 2 aliphatic heterocycles. The van der Waals surface area contributed by atoms with Crippen LogP contribution in [0.25, 0.3) is 0 Å². The SMILES string of the molecule is c1ccc2c(c1)Oc1ccccc1C21CS1. The maximum Gasteiger partial charge on any atom is 0.132 e. The average Bonchev–Trinajstić information content (AvgIpc) is 3.11. The normalized spacial score (nSPS) is 18.5. The first-order valence-corrected chi connectivity index (χ1v) is 6.39. The van der Waals surface area contributed by atoms with Crippen molar-refractivity contribution in [1.82, 2.24) is 0 Å². The first kappa shape index (κ1) is 8.71. The third kappa shape index (κ3) is 0.978. The number of para-hydroxylation sites is 2. The third-order valence-corrected chi connectivity index (χ3v) is 4.60. The zero-order valence-electron chi connectivity index (χ0n) is 8.64. The van der Waals surface area contributed by atoms with Crippen LogP contribution < -0.4 is 4.74 Å². The van der Waals surface area contributed by atoms with Gasteiger partial charge in [0.25, 0.3) is 0 Å². The summed E-state index contributed by atoms with van der Waals surface area (Å²) in [6.45, 7) is 0. The Hall–Kier alpha value is -1.41. The Bertz CT molecular complexity index is 525. The Labute approximate surface area is 98.4 Å². The number of hydrogen-bond donors (Lipinski definition) is 0. The third-order valence-electron chi connectivity index (χ3n) is 3.30. The molecule has 0 bridgehead atoms. The molecule has 0 unspecified atom stereocenters. The molecule has 2 aliphatic rings. The molecule has 2 heteroatoms. The van der Waals surface area contributed by atoms with Crippen molar-refractivity contribution in [2.75, 3.05) is 5.75 Å². The summed E-state index contributed by atoms with van der Waals surface area (Å²) < 4.78 is 6.13. The summed E-state index contributed by atoms with van der Waals surface area (Å²) in [7, 11) is 0. The van der Waals surface area contributed by atoms with Gasteiger partial charge >= 0.3 is 0 Å². The van der Waals surface area contributed by atoms with E-state index in [0.29, 0.717) is 0 Å². The lowest BCUT2D eigenvalue weighted by Crippen LogP contribution is -2.16. The molecular formula is C14H10OS. The van der Waals surface area contributed by atoms with E-state index in [0.717, 1.165) is 11.5 Å². The average molecular weight is 226 g/mol. The molecule has 4 rings (SSSR count). The van der Waals surface area contributed by atoms with Gasteiger partial charge in [0, 0.05) is 16.9 Å². The summed E-state index contributed by atoms with van der Waals surface area (Å²) >= 11 is 2.00. The maximum absolute atomic E-state index is 5.94. The molecule has 0 amide bonds. The first-order valence-electron chi connectivity index (χ1n) is 5.41. The number of hydrogen-bond acceptors (Lipinski definition) is 2. The van der Waals surface area contributed by atoms with Gasteiger partial charge in [-0.25, -0.2) is 0 Å². The van der Waals surface area contributed by atoms with Crippen molar-refractivity contribution >= 4 is 11.8 Å². The van der Waals surface area contributed by atoms with Gasteiger partial charge in [0.1, 0.15) is 11.5 Å². The van der Waals surface area contributed by atoms with Crippen LogP contribution in [0.15, 0.2) is 48.5 Å². The van der Waals surface area contributed by atoms with Crippen molar-refractivity contribution in [1.29, 1.82) is 0 Å². The molecule has 0 saturated carbocycles. The van der Waals surface area contributed by atoms with E-state index in [2.05, 4.69) is 36.4 Å². The number of rotatable bonds is 0. The summed E-state index contributed by atoms with van der Waals surface area (Å²) in [5.41, 5.74) is 2.66. The fraction of sp³-hybridized carbons (Fsp3) is 0.143. The summed E-state index contributed by atoms with van der Waals surface area (Å²) in [4.78, 5) is 0. The second kappa shape index (κ2) is 2.83. The molecule has 0 radical (unpaired) electrons. The minimum absolute atomic E-state index is 0.186. The largest absolute Gasteiger partial charge is 0.457 e. The highest BCUT2D eigenvalue weighted by Crippen LogP contribution is 2.64. The van der Waals surface area contributed by atoms with Gasteiger partial charge in [-0.1, -0.05) is 36.4 Å². The van der Waals surface area contributed by atoms with Crippen LogP contribution in [0, 0.1) is 0 Å². The van der Waals surface area contributed by atoms with Crippen LogP contribution in [0.3, 0.4) is 0 Å². The minimum atomic E-state index is 0.186. The Morgan fingerprint density at radius 2 is 1.38 bits per heavy atom. The smallest absolute Gasteiger partial charge is 0.132 e. The van der Waals surface area contributed by atoms with Crippen molar-refractivity contribution < 1.29 is 4.74 Å². The highest BCUT2D eigenvalue weighted by Gasteiger charge is 2.52. The van der Waals surface area contributed by atoms with Crippen LogP contribution in [0.5, 0.6) is 11.5 Å². The van der Waals surface area contributed by atoms with Gasteiger partial charge in [0.2, 0.25) is 0 Å². The van der Waals surface area contributed by atoms with E-state index in [4.69, 9.17) is 4.74 Å². The topological polar surface area (TPSA) is 9.23 Å². The molecule has 2 aromatic carbocycles. The Balaban J connectivity index is 2.02. The monoisotopic (exact) mass is 226 g/mol. The highest BCUT2D eigenvalue weighted by molar-refractivity contribution is 8.07. The molecule has 1 nitrogen and oxygen atoms in total. The Morgan fingerprint density at radius 3 is 1.88 bits per heavy atom. The highest BCUT2D eigenvalue weighted by atomic mass is 32.2. The summed E-state index contributed by atoms with van der Waals surface area (Å²) in [5, 5.41) is 0. The zero-order chi connectivity index (χ0) is 10.6. The summed E-state index contributed by atoms with van der Waals surface area (Å²) in [5.74, 6) is 3.21. The minimum Gasteiger partial charge on any atom is -0.457 e. The van der Waals surface area contributed by atoms with Crippen molar-refractivity contribution in [3.63, 3.8) is 0 Å². The van der Waals surface area contributed by atoms with E-state index < -0.39 is 0 Å². The van der Waals surface area contributed by atoms with E-state index in [1.807, 2.05) is 23.9 Å². The van der Waals surface area contributed by atoms with Gasteiger partial charge in [-0.3, -0.25) is 0 Å². The lowest BCUT2D eigenvalue weighted by atomic mass is 9.89. The van der Waals surface area contributed by atoms with E-state index in [1.165, 1.54) is 16.9 Å². The molecule has 0 aliphatic carbocycles. The van der Waals surface area contributed by atoms with E-state index >= 15 is 0 Å². The molecule has 0 aromatic heterocycles. The van der Waals surface area contributed by atoms with Gasteiger partial charge in [-0.2, -0.15) is 0 Å². The van der Waals surface area contributed by atoms with Crippen LogP contribution in [0.2, 0.25) is 0 Å². The summed E-state index contributed by atoms with van der Waals surface area (Å²) in [6.07, 6.45) is 0. The fourth-order valence-corrected chi connectivity index (χ4v) is 3.53. The molecule has 16 heavy (non-hydrogen) atoms. The zero-order valence-corrected chi connectivity index (χ0v) is 9.46. The second-order valence-corrected chi connectivity index (χ2v) is 5.48. The van der Waals surface area contributed by atoms with Crippen molar-refractivity contribution in [3.05, 3.63) is 59.7 Å². The quantitative estimate of drug-likeness (QED) is 0.632. The molecule has 1 spiro atoms. The Morgan fingerprint density at radius 1 is 0.875 bits per heavy atom. The van der Waals surface area contributed by atoms with E-state index in [9.17, 15) is 0 Å². The van der Waals surface area contributed by atoms with Crippen molar-refractivity contribution in [2.45, 2.75) is 4.75 Å². The van der Waals surface area contributed by atoms with E-state index in [-0.39, 0.29) is 4.75 Å². The van der Waals surface area contributed by atoms with Gasteiger partial charge in [-0.05, 0) is 12.1 Å². The second-order valence-electron chi connectivity index (χ2n) is 4.21. The lowest BCUT2D eigenvalue weighted by molar-refractivity contribution is 0.450. The van der Waals surface area contributed by atoms with Crippen LogP contribution in [0.1, 0.15) is 11.1 Å². The van der Waals surface area contributed by atoms with Crippen molar-refractivity contribution in [2.24, 2.45) is 0 Å². The Kier molecular flexibility index (Phi) is 1.54. The van der Waals surface area contributed by atoms with Gasteiger partial charge < -0.3 is 4.74 Å². The number of benzene rings is 2. The number of thioether (sulfide) groups is 1. The molecule has 2 aromatic rings. The lowest BCUT2D eigenvalue weighted by Gasteiger charge is -2.26. The molecule has 1 saturated heterocycles. The van der Waals surface area contributed by atoms with Crippen LogP contribution in [0.4, 0.5) is 0 Å². The van der Waals surface area contributed by atoms with Crippen LogP contribution in [-0.4, -0.2) is 5.75 Å². The molecular weight excluding hydrogens is 216 g/mol. The standard InChI is InChI=1S/C14H10OS/c1-3-7-12-10(5-1)14(9-16-14)11-6-2-4-8-13(11)15-12/h1-8H,9H2. The fourth-order valence-electron chi connectivity index (χ4n) is 2.43. The number of fused-ring (bicyclic) bond motifs is 4. The van der Waals surface area contributed by atoms with Crippen molar-refractivity contribution in [3.8, 4) is 11.5 Å². The molecule has 0 atom stereocenters.